The van der Waals surface area contributed by atoms with Crippen molar-refractivity contribution in [2.75, 3.05) is 24.9 Å². The van der Waals surface area contributed by atoms with Crippen LogP contribution in [-0.2, 0) is 15.8 Å². The van der Waals surface area contributed by atoms with Gasteiger partial charge in [-0.3, -0.25) is 9.59 Å². The fourth-order valence-electron chi connectivity index (χ4n) is 3.64. The Morgan fingerprint density at radius 1 is 1.18 bits per heavy atom. The Bertz CT molecular complexity index is 1280. The fraction of sp³-hybridized carbons (Fsp3) is 0.227. The molecule has 2 heterocycles. The van der Waals surface area contributed by atoms with E-state index < -0.39 is 34.6 Å². The molecule has 2 amide bonds. The standard InChI is InChI=1S/C22H18ClF3N4O4/c1-33-17-6-3-11(7-18(17)34-2)13-10-27-30-16(21(32)29-20(13)30)9-19(31)28-12-4-5-15(23)14(8-12)22(24,25)26/h3-8,10,16H,9H2,1-2H3,(H,28,31)(H,29,32). The van der Waals surface area contributed by atoms with Crippen LogP contribution in [0.25, 0.3) is 11.1 Å². The van der Waals surface area contributed by atoms with Gasteiger partial charge < -0.3 is 20.1 Å². The van der Waals surface area contributed by atoms with E-state index in [0.29, 0.717) is 28.4 Å². The number of nitrogens with one attached hydrogen (secondary N) is 2. The summed E-state index contributed by atoms with van der Waals surface area (Å²) in [6.45, 7) is 0. The van der Waals surface area contributed by atoms with E-state index in [9.17, 15) is 22.8 Å². The van der Waals surface area contributed by atoms with Gasteiger partial charge in [0.25, 0.3) is 5.91 Å². The number of alkyl halides is 3. The number of halogens is 4. The molecular weight excluding hydrogens is 477 g/mol. The van der Waals surface area contributed by atoms with Crippen molar-refractivity contribution in [3.8, 4) is 22.6 Å². The van der Waals surface area contributed by atoms with Crippen molar-refractivity contribution in [2.24, 2.45) is 0 Å². The number of anilines is 2. The molecule has 0 radical (unpaired) electrons. The van der Waals surface area contributed by atoms with Crippen molar-refractivity contribution in [3.63, 3.8) is 0 Å². The number of hydrogen-bond acceptors (Lipinski definition) is 5. The first-order chi connectivity index (χ1) is 16.1. The van der Waals surface area contributed by atoms with E-state index in [2.05, 4.69) is 15.7 Å². The van der Waals surface area contributed by atoms with Crippen molar-refractivity contribution < 1.29 is 32.2 Å². The molecular formula is C22H18ClF3N4O4. The molecule has 0 aliphatic carbocycles. The predicted molar refractivity (Wildman–Crippen MR) is 118 cm³/mol. The van der Waals surface area contributed by atoms with Crippen LogP contribution in [0.4, 0.5) is 24.7 Å². The van der Waals surface area contributed by atoms with Gasteiger partial charge in [0.2, 0.25) is 5.91 Å². The topological polar surface area (TPSA) is 94.5 Å². The molecule has 0 saturated carbocycles. The van der Waals surface area contributed by atoms with Gasteiger partial charge in [-0.05, 0) is 35.9 Å². The summed E-state index contributed by atoms with van der Waals surface area (Å²) in [5.74, 6) is 0.283. The van der Waals surface area contributed by atoms with Crippen molar-refractivity contribution in [1.82, 2.24) is 9.78 Å². The van der Waals surface area contributed by atoms with Gasteiger partial charge in [0.1, 0.15) is 11.9 Å². The number of aromatic nitrogens is 2. The minimum atomic E-state index is -4.67. The Morgan fingerprint density at radius 3 is 2.59 bits per heavy atom. The maximum absolute atomic E-state index is 13.1. The van der Waals surface area contributed by atoms with Crippen LogP contribution < -0.4 is 20.1 Å². The zero-order valence-electron chi connectivity index (χ0n) is 17.9. The zero-order chi connectivity index (χ0) is 24.6. The second kappa shape index (κ2) is 8.90. The third-order valence-electron chi connectivity index (χ3n) is 5.26. The van der Waals surface area contributed by atoms with Crippen LogP contribution in [0.1, 0.15) is 18.0 Å². The SMILES string of the molecule is COc1ccc(-c2cnn3c2NC(=O)C3CC(=O)Nc2ccc(Cl)c(C(F)(F)F)c2)cc1OC. The molecule has 12 heteroatoms. The Morgan fingerprint density at radius 2 is 1.91 bits per heavy atom. The highest BCUT2D eigenvalue weighted by atomic mass is 35.5. The maximum Gasteiger partial charge on any atom is 0.417 e. The van der Waals surface area contributed by atoms with Crippen molar-refractivity contribution in [1.29, 1.82) is 0 Å². The number of ether oxygens (including phenoxy) is 2. The second-order valence-electron chi connectivity index (χ2n) is 7.37. The Hall–Kier alpha value is -3.73. The van der Waals surface area contributed by atoms with Gasteiger partial charge in [-0.1, -0.05) is 17.7 Å². The molecule has 1 aliphatic rings. The van der Waals surface area contributed by atoms with E-state index in [0.717, 1.165) is 12.1 Å². The van der Waals surface area contributed by atoms with Crippen LogP contribution in [0.2, 0.25) is 5.02 Å². The summed E-state index contributed by atoms with van der Waals surface area (Å²) in [6, 6.07) is 7.26. The summed E-state index contributed by atoms with van der Waals surface area (Å²) in [4.78, 5) is 25.1. The van der Waals surface area contributed by atoms with E-state index in [1.165, 1.54) is 31.2 Å². The lowest BCUT2D eigenvalue weighted by atomic mass is 10.1. The first-order valence-electron chi connectivity index (χ1n) is 9.89. The lowest BCUT2D eigenvalue weighted by Crippen LogP contribution is -2.23. The smallest absolute Gasteiger partial charge is 0.417 e. The minimum absolute atomic E-state index is 0.0909. The summed E-state index contributed by atoms with van der Waals surface area (Å²) >= 11 is 5.61. The molecule has 2 aromatic carbocycles. The summed E-state index contributed by atoms with van der Waals surface area (Å²) in [6.07, 6.45) is -3.47. The van der Waals surface area contributed by atoms with Crippen LogP contribution in [0.5, 0.6) is 11.5 Å². The normalized spacial score (nSPS) is 15.0. The average molecular weight is 495 g/mol. The molecule has 0 spiro atoms. The highest BCUT2D eigenvalue weighted by Gasteiger charge is 2.36. The van der Waals surface area contributed by atoms with Crippen LogP contribution >= 0.6 is 11.6 Å². The highest BCUT2D eigenvalue weighted by Crippen LogP contribution is 2.39. The first-order valence-corrected chi connectivity index (χ1v) is 10.3. The number of fused-ring (bicyclic) bond motifs is 1. The van der Waals surface area contributed by atoms with Gasteiger partial charge >= 0.3 is 6.18 Å². The number of benzene rings is 2. The average Bonchev–Trinajstić information content (AvgIpc) is 3.33. The molecule has 1 unspecified atom stereocenters. The molecule has 3 aromatic rings. The Kier molecular flexibility index (Phi) is 6.13. The molecule has 1 aromatic heterocycles. The zero-order valence-corrected chi connectivity index (χ0v) is 18.6. The Balaban J connectivity index is 1.54. The molecule has 0 bridgehead atoms. The van der Waals surface area contributed by atoms with Crippen LogP contribution in [0, 0.1) is 0 Å². The van der Waals surface area contributed by atoms with E-state index in [1.807, 2.05) is 0 Å². The molecule has 0 fully saturated rings. The van der Waals surface area contributed by atoms with E-state index in [4.69, 9.17) is 21.1 Å². The minimum Gasteiger partial charge on any atom is -0.493 e. The van der Waals surface area contributed by atoms with E-state index >= 15 is 0 Å². The number of rotatable bonds is 6. The van der Waals surface area contributed by atoms with Gasteiger partial charge in [-0.25, -0.2) is 4.68 Å². The van der Waals surface area contributed by atoms with Crippen LogP contribution in [-0.4, -0.2) is 35.8 Å². The monoisotopic (exact) mass is 494 g/mol. The van der Waals surface area contributed by atoms with E-state index in [1.54, 1.807) is 18.2 Å². The molecule has 0 saturated heterocycles. The molecule has 2 N–H and O–H groups in total. The highest BCUT2D eigenvalue weighted by molar-refractivity contribution is 6.31. The van der Waals surface area contributed by atoms with Crippen molar-refractivity contribution in [2.45, 2.75) is 18.6 Å². The number of hydrogen-bond donors (Lipinski definition) is 2. The van der Waals surface area contributed by atoms with Gasteiger partial charge in [0.05, 0.1) is 37.4 Å². The molecule has 1 atom stereocenters. The number of carbonyl (C=O) groups excluding carboxylic acids is 2. The largest absolute Gasteiger partial charge is 0.493 e. The summed E-state index contributed by atoms with van der Waals surface area (Å²) < 4.78 is 51.1. The number of carbonyl (C=O) groups is 2. The molecule has 34 heavy (non-hydrogen) atoms. The van der Waals surface area contributed by atoms with E-state index in [-0.39, 0.29) is 12.1 Å². The molecule has 1 aliphatic heterocycles. The van der Waals surface area contributed by atoms with Gasteiger partial charge in [-0.2, -0.15) is 18.3 Å². The van der Waals surface area contributed by atoms with Gasteiger partial charge in [0, 0.05) is 11.3 Å². The molecule has 178 valence electrons. The Labute approximate surface area is 196 Å². The molecule has 8 nitrogen and oxygen atoms in total. The van der Waals surface area contributed by atoms with Gasteiger partial charge in [0.15, 0.2) is 11.5 Å². The van der Waals surface area contributed by atoms with Crippen molar-refractivity contribution >= 4 is 34.9 Å². The number of nitrogens with zero attached hydrogens (tertiary/aromatic N) is 2. The maximum atomic E-state index is 13.1. The van der Waals surface area contributed by atoms with Crippen LogP contribution in [0.15, 0.2) is 42.6 Å². The lowest BCUT2D eigenvalue weighted by molar-refractivity contribution is -0.137. The molecule has 4 rings (SSSR count). The second-order valence-corrected chi connectivity index (χ2v) is 7.78. The lowest BCUT2D eigenvalue weighted by Gasteiger charge is -2.13. The fourth-order valence-corrected chi connectivity index (χ4v) is 3.86. The van der Waals surface area contributed by atoms with Crippen molar-refractivity contribution in [3.05, 3.63) is 53.2 Å². The number of amides is 2. The third-order valence-corrected chi connectivity index (χ3v) is 5.59. The predicted octanol–water partition coefficient (Wildman–Crippen LogP) is 4.76. The first kappa shape index (κ1) is 23.4. The summed E-state index contributed by atoms with van der Waals surface area (Å²) in [5, 5.41) is 8.84. The van der Waals surface area contributed by atoms with Crippen LogP contribution in [0.3, 0.4) is 0 Å². The summed E-state index contributed by atoms with van der Waals surface area (Å²) in [5.41, 5.74) is 0.140. The third kappa shape index (κ3) is 4.38. The number of methoxy groups -OCH3 is 2. The summed E-state index contributed by atoms with van der Waals surface area (Å²) in [7, 11) is 3.01. The van der Waals surface area contributed by atoms with Gasteiger partial charge in [-0.15, -0.1) is 0 Å². The quantitative estimate of drug-likeness (QED) is 0.515.